The second-order valence-corrected chi connectivity index (χ2v) is 1.99. The summed E-state index contributed by atoms with van der Waals surface area (Å²) in [5.74, 6) is -0.475. The number of hydrogen-bond donors (Lipinski definition) is 1. The number of carbonyl (C=O) groups excluding carboxylic acids is 1. The second-order valence-electron chi connectivity index (χ2n) is 1.99. The molecule has 0 spiro atoms. The predicted octanol–water partition coefficient (Wildman–Crippen LogP) is 0.0927. The molecule has 0 aromatic heterocycles. The van der Waals surface area contributed by atoms with E-state index in [-0.39, 0.29) is 5.71 Å². The van der Waals surface area contributed by atoms with Crippen molar-refractivity contribution in [1.29, 1.82) is 0 Å². The van der Waals surface area contributed by atoms with Crippen molar-refractivity contribution in [2.45, 2.75) is 6.92 Å². The van der Waals surface area contributed by atoms with Crippen LogP contribution in [0.25, 0.3) is 0 Å². The van der Waals surface area contributed by atoms with Crippen molar-refractivity contribution in [2.24, 2.45) is 10.7 Å². The summed E-state index contributed by atoms with van der Waals surface area (Å²) in [6, 6.07) is 0. The van der Waals surface area contributed by atoms with Crippen molar-refractivity contribution in [3.05, 3.63) is 11.8 Å². The molecule has 0 aromatic rings. The van der Waals surface area contributed by atoms with Crippen molar-refractivity contribution < 1.29 is 9.53 Å². The second kappa shape index (κ2) is 4.49. The Morgan fingerprint density at radius 1 is 1.64 bits per heavy atom. The number of ether oxygens (including phenoxy) is 1. The number of allylic oxidation sites excluding steroid dienone is 1. The lowest BCUT2D eigenvalue weighted by atomic mass is 10.3. The summed E-state index contributed by atoms with van der Waals surface area (Å²) in [5.41, 5.74) is 6.09. The molecule has 0 heterocycles. The molecule has 4 heteroatoms. The van der Waals surface area contributed by atoms with E-state index in [9.17, 15) is 4.79 Å². The third-order valence-corrected chi connectivity index (χ3v) is 1.000. The molecule has 0 atom stereocenters. The largest absolute Gasteiger partial charge is 0.464 e. The molecule has 62 valence electrons. The fourth-order valence-corrected chi connectivity index (χ4v) is 0.535. The molecular weight excluding hydrogens is 144 g/mol. The smallest absolute Gasteiger partial charge is 0.356 e. The summed E-state index contributed by atoms with van der Waals surface area (Å²) in [6.07, 6.45) is 1.46. The number of carbonyl (C=O) groups is 1. The molecule has 4 nitrogen and oxygen atoms in total. The van der Waals surface area contributed by atoms with E-state index < -0.39 is 5.97 Å². The Labute approximate surface area is 65.7 Å². The number of methoxy groups -OCH3 is 1. The Hall–Kier alpha value is -1.32. The van der Waals surface area contributed by atoms with Crippen LogP contribution in [0.5, 0.6) is 0 Å². The first-order valence-electron chi connectivity index (χ1n) is 3.10. The Balaban J connectivity index is 4.45. The summed E-state index contributed by atoms with van der Waals surface area (Å²) in [4.78, 5) is 14.5. The highest BCUT2D eigenvalue weighted by Gasteiger charge is 2.06. The van der Waals surface area contributed by atoms with Crippen LogP contribution in [0.1, 0.15) is 6.92 Å². The van der Waals surface area contributed by atoms with Gasteiger partial charge in [-0.25, -0.2) is 4.79 Å². The molecule has 0 aliphatic heterocycles. The molecule has 0 rings (SSSR count). The molecule has 0 saturated heterocycles. The molecule has 0 saturated carbocycles. The first-order valence-corrected chi connectivity index (χ1v) is 3.10. The Kier molecular flexibility index (Phi) is 3.95. The average Bonchev–Trinajstić information content (AvgIpc) is 1.98. The maximum Gasteiger partial charge on any atom is 0.356 e. The highest BCUT2D eigenvalue weighted by Crippen LogP contribution is 1.88. The zero-order valence-corrected chi connectivity index (χ0v) is 6.92. The standard InChI is InChI=1S/C7H12N2O2/c1-5(8)4-6(9-2)7(10)11-3/h4H,8H2,1-3H3/b5-4-,9-6-. The number of rotatable bonds is 2. The molecule has 0 fully saturated rings. The van der Waals surface area contributed by atoms with Gasteiger partial charge >= 0.3 is 5.97 Å². The van der Waals surface area contributed by atoms with Crippen molar-refractivity contribution in [3.63, 3.8) is 0 Å². The van der Waals surface area contributed by atoms with Crippen LogP contribution in [0.4, 0.5) is 0 Å². The SMILES string of the molecule is C/N=C(/C=C(/C)N)C(=O)OC. The summed E-state index contributed by atoms with van der Waals surface area (Å²) in [5, 5.41) is 0. The third-order valence-electron chi connectivity index (χ3n) is 1.000. The van der Waals surface area contributed by atoms with E-state index in [4.69, 9.17) is 5.73 Å². The highest BCUT2D eigenvalue weighted by molar-refractivity contribution is 6.41. The molecule has 2 N–H and O–H groups in total. The highest BCUT2D eigenvalue weighted by atomic mass is 16.5. The van der Waals surface area contributed by atoms with E-state index >= 15 is 0 Å². The lowest BCUT2D eigenvalue weighted by Crippen LogP contribution is -2.14. The Morgan fingerprint density at radius 2 is 2.18 bits per heavy atom. The van der Waals surface area contributed by atoms with Gasteiger partial charge in [-0.15, -0.1) is 0 Å². The van der Waals surface area contributed by atoms with Gasteiger partial charge in [0.1, 0.15) is 5.71 Å². The van der Waals surface area contributed by atoms with Gasteiger partial charge in [-0.3, -0.25) is 4.99 Å². The molecule has 11 heavy (non-hydrogen) atoms. The van der Waals surface area contributed by atoms with E-state index in [2.05, 4.69) is 9.73 Å². The van der Waals surface area contributed by atoms with Gasteiger partial charge in [0.15, 0.2) is 0 Å². The first-order chi connectivity index (χ1) is 5.11. The van der Waals surface area contributed by atoms with Crippen LogP contribution < -0.4 is 5.73 Å². The minimum atomic E-state index is -0.475. The zero-order valence-electron chi connectivity index (χ0n) is 6.92. The van der Waals surface area contributed by atoms with Crippen LogP contribution >= 0.6 is 0 Å². The minimum absolute atomic E-state index is 0.229. The van der Waals surface area contributed by atoms with Crippen LogP contribution in [0.2, 0.25) is 0 Å². The van der Waals surface area contributed by atoms with E-state index in [1.807, 2.05) is 0 Å². The molecule has 0 amide bonds. The number of nitrogens with zero attached hydrogens (tertiary/aromatic N) is 1. The van der Waals surface area contributed by atoms with Gasteiger partial charge < -0.3 is 10.5 Å². The predicted molar refractivity (Wildman–Crippen MR) is 43.3 cm³/mol. The van der Waals surface area contributed by atoms with E-state index in [0.717, 1.165) is 0 Å². The van der Waals surface area contributed by atoms with Crippen molar-refractivity contribution >= 4 is 11.7 Å². The fourth-order valence-electron chi connectivity index (χ4n) is 0.535. The summed E-state index contributed by atoms with van der Waals surface area (Å²) in [7, 11) is 2.80. The summed E-state index contributed by atoms with van der Waals surface area (Å²) < 4.78 is 4.43. The number of nitrogens with two attached hydrogens (primary N) is 1. The molecule has 0 radical (unpaired) electrons. The van der Waals surface area contributed by atoms with Crippen LogP contribution in [0.15, 0.2) is 16.8 Å². The van der Waals surface area contributed by atoms with E-state index in [1.54, 1.807) is 6.92 Å². The lowest BCUT2D eigenvalue weighted by molar-refractivity contribution is -0.132. The van der Waals surface area contributed by atoms with Gasteiger partial charge in [-0.2, -0.15) is 0 Å². The van der Waals surface area contributed by atoms with Crippen LogP contribution in [0.3, 0.4) is 0 Å². The van der Waals surface area contributed by atoms with Crippen LogP contribution in [0, 0.1) is 0 Å². The zero-order chi connectivity index (χ0) is 8.85. The normalized spacial score (nSPS) is 13.0. The Morgan fingerprint density at radius 3 is 2.45 bits per heavy atom. The quantitative estimate of drug-likeness (QED) is 0.455. The molecule has 0 bridgehead atoms. The van der Waals surface area contributed by atoms with Gasteiger partial charge in [-0.1, -0.05) is 0 Å². The lowest BCUT2D eigenvalue weighted by Gasteiger charge is -1.97. The van der Waals surface area contributed by atoms with Gasteiger partial charge in [-0.05, 0) is 13.0 Å². The monoisotopic (exact) mass is 156 g/mol. The number of esters is 1. The Bertz CT molecular complexity index is 202. The topological polar surface area (TPSA) is 64.7 Å². The number of aliphatic imine (C=N–C) groups is 1. The first kappa shape index (κ1) is 9.68. The maximum atomic E-state index is 10.8. The molecule has 0 aliphatic rings. The van der Waals surface area contributed by atoms with Gasteiger partial charge in [0.25, 0.3) is 0 Å². The average molecular weight is 156 g/mol. The molecular formula is C7H12N2O2. The fraction of sp³-hybridized carbons (Fsp3) is 0.429. The molecule has 0 unspecified atom stereocenters. The van der Waals surface area contributed by atoms with Gasteiger partial charge in [0, 0.05) is 12.7 Å². The van der Waals surface area contributed by atoms with Crippen molar-refractivity contribution in [2.75, 3.05) is 14.2 Å². The van der Waals surface area contributed by atoms with Gasteiger partial charge in [0.2, 0.25) is 0 Å². The van der Waals surface area contributed by atoms with Crippen LogP contribution in [-0.4, -0.2) is 25.8 Å². The number of hydrogen-bond acceptors (Lipinski definition) is 4. The minimum Gasteiger partial charge on any atom is -0.464 e. The molecule has 0 aromatic carbocycles. The molecule has 0 aliphatic carbocycles. The maximum absolute atomic E-state index is 10.8. The summed E-state index contributed by atoms with van der Waals surface area (Å²) in [6.45, 7) is 1.67. The van der Waals surface area contributed by atoms with Crippen molar-refractivity contribution in [1.82, 2.24) is 0 Å². The van der Waals surface area contributed by atoms with Crippen molar-refractivity contribution in [3.8, 4) is 0 Å². The summed E-state index contributed by atoms with van der Waals surface area (Å²) >= 11 is 0. The van der Waals surface area contributed by atoms with Crippen LogP contribution in [-0.2, 0) is 9.53 Å². The van der Waals surface area contributed by atoms with Gasteiger partial charge in [0.05, 0.1) is 7.11 Å². The van der Waals surface area contributed by atoms with E-state index in [1.165, 1.54) is 20.2 Å². The van der Waals surface area contributed by atoms with E-state index in [0.29, 0.717) is 5.70 Å². The third kappa shape index (κ3) is 3.40.